The van der Waals surface area contributed by atoms with E-state index in [0.717, 1.165) is 19.3 Å². The van der Waals surface area contributed by atoms with Crippen molar-refractivity contribution in [1.82, 2.24) is 4.90 Å². The number of ether oxygens (including phenoxy) is 1. The van der Waals surface area contributed by atoms with Crippen LogP contribution in [0.4, 0.5) is 0 Å². The second-order valence-corrected chi connectivity index (χ2v) is 11.0. The molecule has 1 heterocycles. The molecule has 0 aliphatic carbocycles. The lowest BCUT2D eigenvalue weighted by atomic mass is 10.4. The first-order chi connectivity index (χ1) is 12.1. The molecule has 25 heavy (non-hydrogen) atoms. The summed E-state index contributed by atoms with van der Waals surface area (Å²) in [5.41, 5.74) is 0. The fourth-order valence-corrected chi connectivity index (χ4v) is 7.98. The van der Waals surface area contributed by atoms with Gasteiger partial charge in [0, 0.05) is 19.3 Å². The lowest BCUT2D eigenvalue weighted by Crippen LogP contribution is -2.37. The zero-order valence-corrected chi connectivity index (χ0v) is 16.1. The molecule has 0 amide bonds. The van der Waals surface area contributed by atoms with Gasteiger partial charge in [0.05, 0.1) is 19.5 Å². The van der Waals surface area contributed by atoms with Crippen molar-refractivity contribution < 1.29 is 14.2 Å². The lowest BCUT2D eigenvalue weighted by Gasteiger charge is -2.29. The smallest absolute Gasteiger partial charge is 0.214 e. The first kappa shape index (κ1) is 18.8. The van der Waals surface area contributed by atoms with Crippen molar-refractivity contribution >= 4 is 25.9 Å². The zero-order chi connectivity index (χ0) is 17.5. The van der Waals surface area contributed by atoms with Gasteiger partial charge in [-0.3, -0.25) is 9.46 Å². The van der Waals surface area contributed by atoms with E-state index in [4.69, 9.17) is 4.74 Å². The molecular weight excluding hydrogens is 352 g/mol. The molecule has 1 N–H and O–H groups in total. The first-order valence-corrected chi connectivity index (χ1v) is 12.2. The summed E-state index contributed by atoms with van der Waals surface area (Å²) < 4.78 is 18.1. The maximum atomic E-state index is 12.7. The van der Waals surface area contributed by atoms with E-state index in [9.17, 15) is 9.46 Å². The minimum Gasteiger partial charge on any atom is -0.379 e. The molecule has 6 heteroatoms. The van der Waals surface area contributed by atoms with Crippen LogP contribution in [0.25, 0.3) is 0 Å². The zero-order valence-electron chi connectivity index (χ0n) is 14.3. The van der Waals surface area contributed by atoms with Crippen molar-refractivity contribution in [2.75, 3.05) is 44.9 Å². The van der Waals surface area contributed by atoms with Crippen molar-refractivity contribution in [3.05, 3.63) is 60.7 Å². The van der Waals surface area contributed by atoms with E-state index in [1.807, 2.05) is 36.4 Å². The molecule has 1 unspecified atom stereocenters. The number of hydrogen-bond acceptors (Lipinski definition) is 3. The lowest BCUT2D eigenvalue weighted by molar-refractivity contribution is 0.0454. The maximum Gasteiger partial charge on any atom is 0.214 e. The third-order valence-corrected chi connectivity index (χ3v) is 8.96. The first-order valence-electron chi connectivity index (χ1n) is 8.63. The summed E-state index contributed by atoms with van der Waals surface area (Å²) in [6, 6.07) is 20.7. The molecule has 1 atom stereocenters. The van der Waals surface area contributed by atoms with Crippen LogP contribution in [0.2, 0.25) is 0 Å². The predicted octanol–water partition coefficient (Wildman–Crippen LogP) is 2.68. The Balaban J connectivity index is 1.69. The quantitative estimate of drug-likeness (QED) is 0.754. The van der Waals surface area contributed by atoms with Gasteiger partial charge in [0.2, 0.25) is 7.37 Å². The Bertz CT molecular complexity index is 651. The molecule has 0 radical (unpaired) electrons. The number of hydrogen-bond donors (Lipinski definition) is 1. The molecule has 0 saturated carbocycles. The Morgan fingerprint density at radius 3 is 2.00 bits per heavy atom. The van der Waals surface area contributed by atoms with Crippen LogP contribution in [0.5, 0.6) is 0 Å². The van der Waals surface area contributed by atoms with E-state index in [-0.39, 0.29) is 6.29 Å². The number of rotatable bonds is 7. The van der Waals surface area contributed by atoms with Crippen LogP contribution in [0, 0.1) is 0 Å². The van der Waals surface area contributed by atoms with Crippen LogP contribution >= 0.6 is 15.3 Å². The largest absolute Gasteiger partial charge is 0.379 e. The Morgan fingerprint density at radius 2 is 1.48 bits per heavy atom. The van der Waals surface area contributed by atoms with E-state index in [0.29, 0.717) is 19.4 Å². The van der Waals surface area contributed by atoms with E-state index >= 15 is 0 Å². The van der Waals surface area contributed by atoms with E-state index in [2.05, 4.69) is 29.2 Å². The average Bonchev–Trinajstić information content (AvgIpc) is 2.64. The van der Waals surface area contributed by atoms with Crippen molar-refractivity contribution in [2.24, 2.45) is 0 Å². The Labute approximate surface area is 151 Å². The highest BCUT2D eigenvalue weighted by molar-refractivity contribution is 7.73. The summed E-state index contributed by atoms with van der Waals surface area (Å²) in [6.07, 6.45) is 1.38. The monoisotopic (exact) mass is 377 g/mol. The van der Waals surface area contributed by atoms with Gasteiger partial charge >= 0.3 is 0 Å². The van der Waals surface area contributed by atoms with Gasteiger partial charge in [-0.25, -0.2) is 0 Å². The van der Waals surface area contributed by atoms with Gasteiger partial charge in [0.25, 0.3) is 0 Å². The van der Waals surface area contributed by atoms with Crippen LogP contribution in [0.15, 0.2) is 60.7 Å². The molecule has 3 rings (SSSR count). The van der Waals surface area contributed by atoms with Gasteiger partial charge in [0.15, 0.2) is 0 Å². The second-order valence-electron chi connectivity index (χ2n) is 6.26. The van der Waals surface area contributed by atoms with E-state index in [1.165, 1.54) is 10.6 Å². The Morgan fingerprint density at radius 1 is 0.960 bits per heavy atom. The highest BCUT2D eigenvalue weighted by Gasteiger charge is 2.26. The molecule has 1 saturated heterocycles. The summed E-state index contributed by atoms with van der Waals surface area (Å²) in [7, 11) is -3.78. The molecule has 0 spiro atoms. The molecule has 0 aromatic heterocycles. The van der Waals surface area contributed by atoms with Crippen molar-refractivity contribution in [1.29, 1.82) is 0 Å². The highest BCUT2D eigenvalue weighted by atomic mass is 31.2. The van der Waals surface area contributed by atoms with Gasteiger partial charge in [-0.1, -0.05) is 60.7 Å². The molecular formula is C19H25NO3P2. The second kappa shape index (κ2) is 9.07. The minimum absolute atomic E-state index is 0.281. The van der Waals surface area contributed by atoms with Gasteiger partial charge in [0.1, 0.15) is 0 Å². The molecule has 1 aliphatic heterocycles. The normalized spacial score (nSPS) is 18.2. The van der Waals surface area contributed by atoms with Crippen LogP contribution < -0.4 is 10.6 Å². The Kier molecular flexibility index (Phi) is 6.81. The van der Waals surface area contributed by atoms with Crippen molar-refractivity contribution in [2.45, 2.75) is 0 Å². The molecule has 2 aromatic rings. The predicted molar refractivity (Wildman–Crippen MR) is 106 cm³/mol. The van der Waals surface area contributed by atoms with Gasteiger partial charge in [-0.05, 0) is 24.7 Å². The van der Waals surface area contributed by atoms with Gasteiger partial charge in [-0.2, -0.15) is 0 Å². The van der Waals surface area contributed by atoms with E-state index in [1.54, 1.807) is 0 Å². The fraction of sp³-hybridized carbons (Fsp3) is 0.368. The summed E-state index contributed by atoms with van der Waals surface area (Å²) in [6.45, 7) is 2.80. The van der Waals surface area contributed by atoms with Crippen LogP contribution in [-0.4, -0.2) is 54.7 Å². The van der Waals surface area contributed by atoms with Crippen LogP contribution in [0.3, 0.4) is 0 Å². The molecule has 4 nitrogen and oxygen atoms in total. The van der Waals surface area contributed by atoms with Gasteiger partial charge in [-0.15, -0.1) is 0 Å². The third-order valence-electron chi connectivity index (χ3n) is 4.33. The maximum absolute atomic E-state index is 12.7. The molecule has 1 fully saturated rings. The summed E-state index contributed by atoms with van der Waals surface area (Å²) in [4.78, 5) is 12.5. The standard InChI is InChI=1S/C19H25NO3P2/c21-25(22,17-20-11-13-23-14-12-20)16-15-24(18-7-3-1-4-8-18)19-9-5-2-6-10-19/h1-10H,11-17H2,(H,21,22). The SMILES string of the molecule is O=P(O)(CCP(c1ccccc1)c1ccccc1)CN1CCOCC1. The van der Waals surface area contributed by atoms with E-state index < -0.39 is 15.3 Å². The topological polar surface area (TPSA) is 49.8 Å². The minimum atomic E-state index is -3.17. The number of benzene rings is 2. The summed E-state index contributed by atoms with van der Waals surface area (Å²) in [5, 5.41) is 2.52. The molecule has 0 bridgehead atoms. The molecule has 134 valence electrons. The van der Waals surface area contributed by atoms with Crippen LogP contribution in [-0.2, 0) is 9.30 Å². The Hall–Kier alpha value is -1.02. The number of nitrogens with zero attached hydrogens (tertiary/aromatic N) is 1. The van der Waals surface area contributed by atoms with Gasteiger partial charge < -0.3 is 9.63 Å². The van der Waals surface area contributed by atoms with Crippen molar-refractivity contribution in [3.63, 3.8) is 0 Å². The summed E-state index contributed by atoms with van der Waals surface area (Å²) in [5.74, 6) is 0. The molecule has 2 aromatic carbocycles. The number of morpholine rings is 1. The summed E-state index contributed by atoms with van der Waals surface area (Å²) >= 11 is 0. The third kappa shape index (κ3) is 5.74. The fourth-order valence-electron chi connectivity index (χ4n) is 3.01. The molecule has 1 aliphatic rings. The highest BCUT2D eigenvalue weighted by Crippen LogP contribution is 2.45. The van der Waals surface area contributed by atoms with Crippen LogP contribution in [0.1, 0.15) is 0 Å². The average molecular weight is 377 g/mol. The van der Waals surface area contributed by atoms with Crippen molar-refractivity contribution in [3.8, 4) is 0 Å².